The Bertz CT molecular complexity index is 789. The third kappa shape index (κ3) is 2.95. The third-order valence-corrected chi connectivity index (χ3v) is 3.12. The summed E-state index contributed by atoms with van der Waals surface area (Å²) in [7, 11) is 0. The van der Waals surface area contributed by atoms with Crippen LogP contribution in [0, 0.1) is 0 Å². The Balaban J connectivity index is 2.76. The summed E-state index contributed by atoms with van der Waals surface area (Å²) in [5.74, 6) is -2.53. The first-order valence-corrected chi connectivity index (χ1v) is 6.14. The molecule has 0 saturated carbocycles. The molecule has 0 amide bonds. The van der Waals surface area contributed by atoms with Gasteiger partial charge in [0.2, 0.25) is 0 Å². The Kier molecular flexibility index (Phi) is 3.95. The summed E-state index contributed by atoms with van der Waals surface area (Å²) < 4.78 is 38.3. The van der Waals surface area contributed by atoms with E-state index in [-0.39, 0.29) is 5.56 Å². The molecule has 0 aliphatic carbocycles. The maximum atomic E-state index is 12.8. The molecule has 6 heteroatoms. The van der Waals surface area contributed by atoms with Crippen LogP contribution in [0.5, 0.6) is 5.75 Å². The number of benzene rings is 2. The Morgan fingerprint density at radius 1 is 1.18 bits per heavy atom. The molecule has 0 radical (unpaired) electrons. The van der Waals surface area contributed by atoms with Gasteiger partial charge in [-0.1, -0.05) is 30.9 Å². The van der Waals surface area contributed by atoms with Gasteiger partial charge in [-0.3, -0.25) is 0 Å². The normalized spacial score (nSPS) is 12.4. The minimum Gasteiger partial charge on any atom is -0.507 e. The van der Waals surface area contributed by atoms with E-state index in [0.717, 1.165) is 5.56 Å². The minimum absolute atomic E-state index is 0.192. The first-order chi connectivity index (χ1) is 10.2. The molecule has 0 bridgehead atoms. The van der Waals surface area contributed by atoms with Crippen molar-refractivity contribution in [2.45, 2.75) is 6.18 Å². The highest BCUT2D eigenvalue weighted by molar-refractivity contribution is 6.00. The Hall–Kier alpha value is -2.76. The molecule has 0 saturated heterocycles. The molecule has 2 rings (SSSR count). The van der Waals surface area contributed by atoms with Crippen LogP contribution in [-0.2, 0) is 4.79 Å². The lowest BCUT2D eigenvalue weighted by atomic mass is 9.99. The molecule has 3 nitrogen and oxygen atoms in total. The first kappa shape index (κ1) is 15.6. The largest absolute Gasteiger partial charge is 0.507 e. The van der Waals surface area contributed by atoms with Crippen molar-refractivity contribution in [3.63, 3.8) is 0 Å². The molecule has 0 atom stereocenters. The molecule has 2 aromatic carbocycles. The number of carbonyl (C=O) groups is 1. The predicted molar refractivity (Wildman–Crippen MR) is 77.4 cm³/mol. The highest BCUT2D eigenvalue weighted by Crippen LogP contribution is 2.34. The molecule has 2 aromatic rings. The quantitative estimate of drug-likeness (QED) is 0.835. The molecular weight excluding hydrogens is 297 g/mol. The van der Waals surface area contributed by atoms with Gasteiger partial charge in [-0.05, 0) is 34.5 Å². The van der Waals surface area contributed by atoms with Gasteiger partial charge in [0.25, 0.3) is 0 Å². The number of halogens is 3. The molecule has 0 aliphatic heterocycles. The number of carboxylic acids is 1. The van der Waals surface area contributed by atoms with Crippen LogP contribution in [-0.4, -0.2) is 22.4 Å². The number of phenols is 1. The second-order valence-electron chi connectivity index (χ2n) is 4.54. The van der Waals surface area contributed by atoms with E-state index in [4.69, 9.17) is 5.11 Å². The molecule has 22 heavy (non-hydrogen) atoms. The van der Waals surface area contributed by atoms with E-state index < -0.39 is 23.5 Å². The van der Waals surface area contributed by atoms with Crippen molar-refractivity contribution in [1.29, 1.82) is 0 Å². The molecule has 0 spiro atoms. The Morgan fingerprint density at radius 3 is 2.41 bits per heavy atom. The van der Waals surface area contributed by atoms with Crippen molar-refractivity contribution in [2.75, 3.05) is 0 Å². The number of carboxylic acid groups (broad SMARTS) is 1. The van der Waals surface area contributed by atoms with Gasteiger partial charge in [0, 0.05) is 5.56 Å². The van der Waals surface area contributed by atoms with Crippen LogP contribution < -0.4 is 0 Å². The summed E-state index contributed by atoms with van der Waals surface area (Å²) in [5.41, 5.74) is -1.19. The van der Waals surface area contributed by atoms with E-state index in [1.807, 2.05) is 0 Å². The summed E-state index contributed by atoms with van der Waals surface area (Å²) in [5, 5.41) is 19.4. The molecule has 0 unspecified atom stereocenters. The summed E-state index contributed by atoms with van der Waals surface area (Å²) in [6.45, 7) is 3.59. The van der Waals surface area contributed by atoms with Crippen LogP contribution in [0.15, 0.2) is 42.5 Å². The van der Waals surface area contributed by atoms with Crippen molar-refractivity contribution < 1.29 is 28.2 Å². The number of hydrogen-bond acceptors (Lipinski definition) is 2. The van der Waals surface area contributed by atoms with Gasteiger partial charge in [-0.2, -0.15) is 13.2 Å². The summed E-state index contributed by atoms with van der Waals surface area (Å²) in [6.07, 6.45) is -3.02. The zero-order valence-corrected chi connectivity index (χ0v) is 11.2. The summed E-state index contributed by atoms with van der Waals surface area (Å²) in [4.78, 5) is 10.8. The van der Waals surface area contributed by atoms with Crippen LogP contribution in [0.1, 0.15) is 11.1 Å². The van der Waals surface area contributed by atoms with Crippen LogP contribution in [0.4, 0.5) is 13.2 Å². The van der Waals surface area contributed by atoms with E-state index in [0.29, 0.717) is 16.8 Å². The average Bonchev–Trinajstić information content (AvgIpc) is 2.44. The Morgan fingerprint density at radius 2 is 1.86 bits per heavy atom. The second-order valence-corrected chi connectivity index (χ2v) is 4.54. The number of rotatable bonds is 3. The van der Waals surface area contributed by atoms with Gasteiger partial charge in [0.05, 0.1) is 0 Å². The fraction of sp³-hybridized carbons (Fsp3) is 0.0625. The monoisotopic (exact) mass is 308 g/mol. The summed E-state index contributed by atoms with van der Waals surface area (Å²) in [6, 6.07) is 7.54. The van der Waals surface area contributed by atoms with Crippen LogP contribution >= 0.6 is 0 Å². The fourth-order valence-corrected chi connectivity index (χ4v) is 2.05. The SMILES string of the molecule is C=Cc1ccc2c(/C=C(\C(=O)O)C(F)(F)F)c(O)ccc2c1. The highest BCUT2D eigenvalue weighted by Gasteiger charge is 2.39. The van der Waals surface area contributed by atoms with E-state index in [2.05, 4.69) is 6.58 Å². The molecular formula is C16H11F3O3. The molecule has 2 N–H and O–H groups in total. The Labute approximate surface area is 123 Å². The number of alkyl halides is 3. The molecule has 114 valence electrons. The molecule has 0 fully saturated rings. The van der Waals surface area contributed by atoms with Gasteiger partial charge < -0.3 is 10.2 Å². The van der Waals surface area contributed by atoms with Crippen molar-refractivity contribution >= 4 is 28.9 Å². The zero-order chi connectivity index (χ0) is 16.5. The fourth-order valence-electron chi connectivity index (χ4n) is 2.05. The second kappa shape index (κ2) is 5.55. The van der Waals surface area contributed by atoms with E-state index >= 15 is 0 Å². The van der Waals surface area contributed by atoms with Crippen molar-refractivity contribution in [3.8, 4) is 5.75 Å². The lowest BCUT2D eigenvalue weighted by molar-refractivity contribution is -0.144. The summed E-state index contributed by atoms with van der Waals surface area (Å²) >= 11 is 0. The van der Waals surface area contributed by atoms with Crippen molar-refractivity contribution in [3.05, 3.63) is 53.6 Å². The van der Waals surface area contributed by atoms with E-state index in [9.17, 15) is 23.1 Å². The van der Waals surface area contributed by atoms with Gasteiger partial charge in [0.15, 0.2) is 0 Å². The minimum atomic E-state index is -5.03. The molecule has 0 aromatic heterocycles. The van der Waals surface area contributed by atoms with Crippen LogP contribution in [0.2, 0.25) is 0 Å². The number of hydrogen-bond donors (Lipinski definition) is 2. The number of aromatic hydroxyl groups is 1. The predicted octanol–water partition coefficient (Wildman–Crippen LogP) is 4.22. The van der Waals surface area contributed by atoms with E-state index in [1.165, 1.54) is 18.2 Å². The smallest absolute Gasteiger partial charge is 0.423 e. The van der Waals surface area contributed by atoms with Crippen molar-refractivity contribution in [2.24, 2.45) is 0 Å². The lowest BCUT2D eigenvalue weighted by Gasteiger charge is -2.10. The van der Waals surface area contributed by atoms with Gasteiger partial charge in [-0.15, -0.1) is 0 Å². The van der Waals surface area contributed by atoms with Crippen molar-refractivity contribution in [1.82, 2.24) is 0 Å². The van der Waals surface area contributed by atoms with Gasteiger partial charge >= 0.3 is 12.1 Å². The number of fused-ring (bicyclic) bond motifs is 1. The number of phenolic OH excluding ortho intramolecular Hbond substituents is 1. The molecule has 0 aliphatic rings. The van der Waals surface area contributed by atoms with Gasteiger partial charge in [0.1, 0.15) is 11.3 Å². The standard InChI is InChI=1S/C16H11F3O3/c1-2-9-3-5-11-10(7-9)4-6-14(20)12(11)8-13(15(21)22)16(17,18)19/h2-8,20H,1H2,(H,21,22)/b13-8+. The van der Waals surface area contributed by atoms with Crippen LogP contribution in [0.25, 0.3) is 22.9 Å². The highest BCUT2D eigenvalue weighted by atomic mass is 19.4. The topological polar surface area (TPSA) is 57.5 Å². The maximum absolute atomic E-state index is 12.8. The average molecular weight is 308 g/mol. The van der Waals surface area contributed by atoms with Crippen LogP contribution in [0.3, 0.4) is 0 Å². The zero-order valence-electron chi connectivity index (χ0n) is 11.2. The number of aliphatic carboxylic acids is 1. The maximum Gasteiger partial charge on any atom is 0.423 e. The van der Waals surface area contributed by atoms with E-state index in [1.54, 1.807) is 18.2 Å². The molecule has 0 heterocycles. The van der Waals surface area contributed by atoms with Gasteiger partial charge in [-0.25, -0.2) is 4.79 Å². The first-order valence-electron chi connectivity index (χ1n) is 6.14. The third-order valence-electron chi connectivity index (χ3n) is 3.12. The lowest BCUT2D eigenvalue weighted by Crippen LogP contribution is -2.19.